The number of nitrogens with one attached hydrogen (secondary N) is 1. The summed E-state index contributed by atoms with van der Waals surface area (Å²) >= 11 is 0. The van der Waals surface area contributed by atoms with Crippen molar-refractivity contribution in [2.24, 2.45) is 0 Å². The number of amides is 1. The molecule has 4 rings (SSSR count). The topological polar surface area (TPSA) is 32.3 Å². The Bertz CT molecular complexity index is 864. The first-order chi connectivity index (χ1) is 12.3. The molecule has 0 bridgehead atoms. The summed E-state index contributed by atoms with van der Waals surface area (Å²) in [7, 11) is 0. The fourth-order valence-electron chi connectivity index (χ4n) is 3.70. The van der Waals surface area contributed by atoms with E-state index in [1.54, 1.807) is 0 Å². The van der Waals surface area contributed by atoms with E-state index in [0.29, 0.717) is 0 Å². The van der Waals surface area contributed by atoms with E-state index in [2.05, 4.69) is 28.4 Å². The van der Waals surface area contributed by atoms with E-state index in [1.165, 1.54) is 0 Å². The standard InChI is InChI=1S/C22H22N2O/c25-22(23-20-14-8-12-17-9-4-5-13-19(17)20)21(24-15-6-7-16-24)18-10-2-1-3-11-18/h1-5,8-14,21H,6-7,15-16H2,(H,23,25). The predicted octanol–water partition coefficient (Wildman–Crippen LogP) is 4.62. The number of hydrogen-bond donors (Lipinski definition) is 1. The first kappa shape index (κ1) is 15.9. The maximum Gasteiger partial charge on any atom is 0.246 e. The number of rotatable bonds is 4. The van der Waals surface area contributed by atoms with Crippen LogP contribution in [-0.4, -0.2) is 23.9 Å². The molecule has 3 aromatic rings. The zero-order valence-corrected chi connectivity index (χ0v) is 14.2. The van der Waals surface area contributed by atoms with Gasteiger partial charge in [-0.05, 0) is 42.9 Å². The molecule has 126 valence electrons. The van der Waals surface area contributed by atoms with Crippen LogP contribution in [-0.2, 0) is 4.79 Å². The first-order valence-corrected chi connectivity index (χ1v) is 8.90. The normalized spacial score (nSPS) is 16.0. The van der Waals surface area contributed by atoms with E-state index in [-0.39, 0.29) is 11.9 Å². The van der Waals surface area contributed by atoms with Crippen LogP contribution in [0.1, 0.15) is 24.4 Å². The van der Waals surface area contributed by atoms with Gasteiger partial charge in [0.1, 0.15) is 6.04 Å². The molecule has 1 aliphatic rings. The fourth-order valence-corrected chi connectivity index (χ4v) is 3.70. The SMILES string of the molecule is O=C(Nc1cccc2ccccc12)C(c1ccccc1)N1CCCC1. The highest BCUT2D eigenvalue weighted by Crippen LogP contribution is 2.29. The average molecular weight is 330 g/mol. The number of likely N-dealkylation sites (tertiary alicyclic amines) is 1. The smallest absolute Gasteiger partial charge is 0.246 e. The summed E-state index contributed by atoms with van der Waals surface area (Å²) < 4.78 is 0. The summed E-state index contributed by atoms with van der Waals surface area (Å²) in [6.45, 7) is 1.95. The third kappa shape index (κ3) is 3.28. The molecule has 3 aromatic carbocycles. The molecule has 1 atom stereocenters. The minimum Gasteiger partial charge on any atom is -0.324 e. The lowest BCUT2D eigenvalue weighted by atomic mass is 10.0. The summed E-state index contributed by atoms with van der Waals surface area (Å²) in [6, 6.07) is 24.1. The number of hydrogen-bond acceptors (Lipinski definition) is 2. The number of nitrogens with zero attached hydrogens (tertiary/aromatic N) is 1. The second kappa shape index (κ2) is 7.08. The predicted molar refractivity (Wildman–Crippen MR) is 103 cm³/mol. The maximum absolute atomic E-state index is 13.2. The van der Waals surface area contributed by atoms with Crippen LogP contribution < -0.4 is 5.32 Å². The molecule has 1 amide bonds. The van der Waals surface area contributed by atoms with Gasteiger partial charge in [0.2, 0.25) is 5.91 Å². The van der Waals surface area contributed by atoms with E-state index in [4.69, 9.17) is 0 Å². The van der Waals surface area contributed by atoms with Gasteiger partial charge in [-0.15, -0.1) is 0 Å². The molecule has 0 aliphatic carbocycles. The van der Waals surface area contributed by atoms with Crippen LogP contribution in [0.3, 0.4) is 0 Å². The molecule has 0 spiro atoms. The maximum atomic E-state index is 13.2. The minimum atomic E-state index is -0.234. The molecule has 3 nitrogen and oxygen atoms in total. The van der Waals surface area contributed by atoms with Gasteiger partial charge in [-0.3, -0.25) is 9.69 Å². The van der Waals surface area contributed by atoms with E-state index >= 15 is 0 Å². The summed E-state index contributed by atoms with van der Waals surface area (Å²) in [6.07, 6.45) is 2.32. The van der Waals surface area contributed by atoms with Crippen molar-refractivity contribution >= 4 is 22.4 Å². The van der Waals surface area contributed by atoms with Gasteiger partial charge in [0, 0.05) is 11.1 Å². The summed E-state index contributed by atoms with van der Waals surface area (Å²) in [5.41, 5.74) is 1.94. The summed E-state index contributed by atoms with van der Waals surface area (Å²) in [4.78, 5) is 15.5. The Morgan fingerprint density at radius 3 is 2.32 bits per heavy atom. The van der Waals surface area contributed by atoms with Gasteiger partial charge in [0.15, 0.2) is 0 Å². The Labute approximate surface area is 148 Å². The molecule has 1 unspecified atom stereocenters. The van der Waals surface area contributed by atoms with Crippen molar-refractivity contribution < 1.29 is 4.79 Å². The average Bonchev–Trinajstić information content (AvgIpc) is 3.17. The van der Waals surface area contributed by atoms with Crippen molar-refractivity contribution in [1.82, 2.24) is 4.90 Å². The minimum absolute atomic E-state index is 0.0458. The molecule has 0 radical (unpaired) electrons. The molecule has 1 heterocycles. The molecular weight excluding hydrogens is 308 g/mol. The number of anilines is 1. The van der Waals surface area contributed by atoms with Crippen LogP contribution in [0.5, 0.6) is 0 Å². The highest BCUT2D eigenvalue weighted by molar-refractivity contribution is 6.04. The van der Waals surface area contributed by atoms with Crippen molar-refractivity contribution in [3.05, 3.63) is 78.4 Å². The van der Waals surface area contributed by atoms with Crippen molar-refractivity contribution in [3.63, 3.8) is 0 Å². The van der Waals surface area contributed by atoms with Gasteiger partial charge in [0.05, 0.1) is 0 Å². The van der Waals surface area contributed by atoms with Gasteiger partial charge >= 0.3 is 0 Å². The Hall–Kier alpha value is -2.65. The van der Waals surface area contributed by atoms with Crippen LogP contribution in [0.4, 0.5) is 5.69 Å². The monoisotopic (exact) mass is 330 g/mol. The highest BCUT2D eigenvalue weighted by Gasteiger charge is 2.29. The number of carbonyl (C=O) groups excluding carboxylic acids is 1. The number of benzene rings is 3. The molecule has 1 saturated heterocycles. The quantitative estimate of drug-likeness (QED) is 0.757. The molecule has 0 aromatic heterocycles. The van der Waals surface area contributed by atoms with Crippen LogP contribution in [0.15, 0.2) is 72.8 Å². The van der Waals surface area contributed by atoms with Gasteiger partial charge in [-0.1, -0.05) is 66.7 Å². The van der Waals surface area contributed by atoms with Crippen LogP contribution in [0.2, 0.25) is 0 Å². The van der Waals surface area contributed by atoms with Crippen molar-refractivity contribution in [1.29, 1.82) is 0 Å². The largest absolute Gasteiger partial charge is 0.324 e. The molecule has 1 N–H and O–H groups in total. The van der Waals surface area contributed by atoms with Gasteiger partial charge in [-0.25, -0.2) is 0 Å². The zero-order chi connectivity index (χ0) is 17.1. The fraction of sp³-hybridized carbons (Fsp3) is 0.227. The summed E-state index contributed by atoms with van der Waals surface area (Å²) in [5, 5.41) is 5.39. The van der Waals surface area contributed by atoms with E-state index in [0.717, 1.165) is 48.0 Å². The lowest BCUT2D eigenvalue weighted by molar-refractivity contribution is -0.121. The van der Waals surface area contributed by atoms with Crippen LogP contribution in [0, 0.1) is 0 Å². The molecule has 3 heteroatoms. The summed E-state index contributed by atoms with van der Waals surface area (Å²) in [5.74, 6) is 0.0458. The van der Waals surface area contributed by atoms with E-state index in [9.17, 15) is 4.79 Å². The van der Waals surface area contributed by atoms with Crippen molar-refractivity contribution in [3.8, 4) is 0 Å². The third-order valence-corrected chi connectivity index (χ3v) is 4.92. The Morgan fingerprint density at radius 2 is 1.52 bits per heavy atom. The molecule has 1 aliphatic heterocycles. The number of carbonyl (C=O) groups is 1. The molecular formula is C22H22N2O. The highest BCUT2D eigenvalue weighted by atomic mass is 16.2. The van der Waals surface area contributed by atoms with E-state index < -0.39 is 0 Å². The van der Waals surface area contributed by atoms with Crippen molar-refractivity contribution in [2.75, 3.05) is 18.4 Å². The zero-order valence-electron chi connectivity index (χ0n) is 14.2. The van der Waals surface area contributed by atoms with E-state index in [1.807, 2.05) is 54.6 Å². The van der Waals surface area contributed by atoms with Gasteiger partial charge in [-0.2, -0.15) is 0 Å². The lowest BCUT2D eigenvalue weighted by Crippen LogP contribution is -2.35. The third-order valence-electron chi connectivity index (χ3n) is 4.92. The second-order valence-corrected chi connectivity index (χ2v) is 6.57. The lowest BCUT2D eigenvalue weighted by Gasteiger charge is -2.27. The Balaban J connectivity index is 1.66. The number of fused-ring (bicyclic) bond motifs is 1. The van der Waals surface area contributed by atoms with Crippen LogP contribution in [0.25, 0.3) is 10.8 Å². The molecule has 0 saturated carbocycles. The van der Waals surface area contributed by atoms with Crippen molar-refractivity contribution in [2.45, 2.75) is 18.9 Å². The first-order valence-electron chi connectivity index (χ1n) is 8.90. The molecule has 1 fully saturated rings. The van der Waals surface area contributed by atoms with Gasteiger partial charge < -0.3 is 5.32 Å². The second-order valence-electron chi connectivity index (χ2n) is 6.57. The Morgan fingerprint density at radius 1 is 0.840 bits per heavy atom. The molecule has 25 heavy (non-hydrogen) atoms. The van der Waals surface area contributed by atoms with Crippen LogP contribution >= 0.6 is 0 Å². The Kier molecular flexibility index (Phi) is 4.49. The van der Waals surface area contributed by atoms with Gasteiger partial charge in [0.25, 0.3) is 0 Å².